The molecule has 0 saturated heterocycles. The fraction of sp³-hybridized carbons (Fsp3) is 0.286. The summed E-state index contributed by atoms with van der Waals surface area (Å²) in [5.74, 6) is 2.57. The van der Waals surface area contributed by atoms with Crippen molar-refractivity contribution < 1.29 is 13.9 Å². The van der Waals surface area contributed by atoms with E-state index in [0.29, 0.717) is 13.3 Å². The monoisotopic (exact) mass is 245 g/mol. The SMILES string of the molecule is CC(NCc1ccco1)c1ccc2c(c1)OCO2. The Kier molecular flexibility index (Phi) is 2.94. The molecule has 1 aliphatic heterocycles. The topological polar surface area (TPSA) is 43.6 Å². The third kappa shape index (κ3) is 2.19. The predicted octanol–water partition coefficient (Wildman–Crippen LogP) is 2.86. The maximum Gasteiger partial charge on any atom is 0.231 e. The van der Waals surface area contributed by atoms with Crippen LogP contribution in [0.5, 0.6) is 11.5 Å². The van der Waals surface area contributed by atoms with Gasteiger partial charge in [0.1, 0.15) is 5.76 Å². The van der Waals surface area contributed by atoms with Gasteiger partial charge in [0.15, 0.2) is 11.5 Å². The molecule has 94 valence electrons. The van der Waals surface area contributed by atoms with E-state index in [0.717, 1.165) is 17.3 Å². The molecule has 1 atom stereocenters. The van der Waals surface area contributed by atoms with Crippen LogP contribution < -0.4 is 14.8 Å². The minimum Gasteiger partial charge on any atom is -0.468 e. The van der Waals surface area contributed by atoms with Gasteiger partial charge in [0.2, 0.25) is 6.79 Å². The Morgan fingerprint density at radius 1 is 1.22 bits per heavy atom. The van der Waals surface area contributed by atoms with Gasteiger partial charge in [-0.25, -0.2) is 0 Å². The molecule has 2 aromatic rings. The van der Waals surface area contributed by atoms with Crippen molar-refractivity contribution in [2.45, 2.75) is 19.5 Å². The first-order valence-electron chi connectivity index (χ1n) is 5.98. The molecule has 0 amide bonds. The van der Waals surface area contributed by atoms with Crippen molar-refractivity contribution in [3.05, 3.63) is 47.9 Å². The average Bonchev–Trinajstić information content (AvgIpc) is 3.05. The summed E-state index contributed by atoms with van der Waals surface area (Å²) in [6.07, 6.45) is 1.68. The van der Waals surface area contributed by atoms with Crippen molar-refractivity contribution in [2.24, 2.45) is 0 Å². The molecule has 0 saturated carbocycles. The number of furan rings is 1. The Morgan fingerprint density at radius 3 is 2.94 bits per heavy atom. The number of rotatable bonds is 4. The smallest absolute Gasteiger partial charge is 0.231 e. The van der Waals surface area contributed by atoms with Crippen LogP contribution in [0, 0.1) is 0 Å². The number of hydrogen-bond donors (Lipinski definition) is 1. The highest BCUT2D eigenvalue weighted by Gasteiger charge is 2.15. The van der Waals surface area contributed by atoms with Gasteiger partial charge in [0.25, 0.3) is 0 Å². The molecule has 0 radical (unpaired) electrons. The molecule has 0 aliphatic carbocycles. The maximum atomic E-state index is 5.37. The zero-order valence-corrected chi connectivity index (χ0v) is 10.2. The summed E-state index contributed by atoms with van der Waals surface area (Å²) in [6.45, 7) is 3.13. The molecule has 1 N–H and O–H groups in total. The number of nitrogens with one attached hydrogen (secondary N) is 1. The molecule has 1 aromatic carbocycles. The molecule has 3 rings (SSSR count). The molecule has 0 spiro atoms. The van der Waals surface area contributed by atoms with Crippen LogP contribution in [-0.2, 0) is 6.54 Å². The van der Waals surface area contributed by atoms with Crippen molar-refractivity contribution in [3.8, 4) is 11.5 Å². The summed E-state index contributed by atoms with van der Waals surface area (Å²) in [5, 5.41) is 3.40. The molecule has 2 heterocycles. The molecule has 1 unspecified atom stereocenters. The Hall–Kier alpha value is -1.94. The number of ether oxygens (including phenoxy) is 2. The zero-order chi connectivity index (χ0) is 12.4. The van der Waals surface area contributed by atoms with Crippen LogP contribution in [0.1, 0.15) is 24.3 Å². The Bertz CT molecular complexity index is 522. The number of fused-ring (bicyclic) bond motifs is 1. The van der Waals surface area contributed by atoms with E-state index in [1.165, 1.54) is 5.56 Å². The molecule has 4 heteroatoms. The van der Waals surface area contributed by atoms with Crippen LogP contribution in [0.15, 0.2) is 41.0 Å². The maximum absolute atomic E-state index is 5.37. The zero-order valence-electron chi connectivity index (χ0n) is 10.2. The van der Waals surface area contributed by atoms with E-state index in [1.54, 1.807) is 6.26 Å². The minimum atomic E-state index is 0.226. The van der Waals surface area contributed by atoms with Crippen molar-refractivity contribution in [2.75, 3.05) is 6.79 Å². The van der Waals surface area contributed by atoms with E-state index in [1.807, 2.05) is 30.3 Å². The van der Waals surface area contributed by atoms with Crippen LogP contribution >= 0.6 is 0 Å². The van der Waals surface area contributed by atoms with E-state index in [2.05, 4.69) is 12.2 Å². The van der Waals surface area contributed by atoms with Crippen molar-refractivity contribution in [1.82, 2.24) is 5.32 Å². The highest BCUT2D eigenvalue weighted by atomic mass is 16.7. The molecule has 18 heavy (non-hydrogen) atoms. The highest BCUT2D eigenvalue weighted by Crippen LogP contribution is 2.34. The Balaban J connectivity index is 1.67. The normalized spacial score (nSPS) is 14.7. The van der Waals surface area contributed by atoms with E-state index >= 15 is 0 Å². The van der Waals surface area contributed by atoms with E-state index < -0.39 is 0 Å². The third-order valence-electron chi connectivity index (χ3n) is 3.06. The van der Waals surface area contributed by atoms with Crippen molar-refractivity contribution in [3.63, 3.8) is 0 Å². The lowest BCUT2D eigenvalue weighted by molar-refractivity contribution is 0.174. The van der Waals surface area contributed by atoms with Crippen LogP contribution in [0.25, 0.3) is 0 Å². The van der Waals surface area contributed by atoms with Crippen LogP contribution in [-0.4, -0.2) is 6.79 Å². The predicted molar refractivity (Wildman–Crippen MR) is 66.5 cm³/mol. The van der Waals surface area contributed by atoms with Gasteiger partial charge in [0, 0.05) is 6.04 Å². The summed E-state index contributed by atoms with van der Waals surface area (Å²) in [5.41, 5.74) is 1.17. The van der Waals surface area contributed by atoms with Crippen LogP contribution in [0.2, 0.25) is 0 Å². The molecule has 1 aromatic heterocycles. The van der Waals surface area contributed by atoms with Crippen LogP contribution in [0.3, 0.4) is 0 Å². The lowest BCUT2D eigenvalue weighted by atomic mass is 10.1. The van der Waals surface area contributed by atoms with Gasteiger partial charge in [-0.3, -0.25) is 0 Å². The van der Waals surface area contributed by atoms with Gasteiger partial charge in [0.05, 0.1) is 12.8 Å². The van der Waals surface area contributed by atoms with Crippen molar-refractivity contribution in [1.29, 1.82) is 0 Å². The summed E-state index contributed by atoms with van der Waals surface area (Å²) in [4.78, 5) is 0. The average molecular weight is 245 g/mol. The first-order valence-corrected chi connectivity index (χ1v) is 5.98. The number of benzene rings is 1. The van der Waals surface area contributed by atoms with Crippen molar-refractivity contribution >= 4 is 0 Å². The molecule has 0 bridgehead atoms. The van der Waals surface area contributed by atoms with Crippen LogP contribution in [0.4, 0.5) is 0 Å². The second kappa shape index (κ2) is 4.74. The van der Waals surface area contributed by atoms with Gasteiger partial charge in [-0.1, -0.05) is 6.07 Å². The van der Waals surface area contributed by atoms with Gasteiger partial charge in [-0.05, 0) is 36.8 Å². The van der Waals surface area contributed by atoms with Gasteiger partial charge in [-0.2, -0.15) is 0 Å². The standard InChI is InChI=1S/C14H15NO3/c1-10(15-8-12-3-2-6-16-12)11-4-5-13-14(7-11)18-9-17-13/h2-7,10,15H,8-9H2,1H3. The van der Waals surface area contributed by atoms with E-state index in [-0.39, 0.29) is 6.04 Å². The molecule has 0 fully saturated rings. The Labute approximate surface area is 106 Å². The molecular weight excluding hydrogens is 230 g/mol. The fourth-order valence-electron chi connectivity index (χ4n) is 1.97. The largest absolute Gasteiger partial charge is 0.468 e. The lowest BCUT2D eigenvalue weighted by Crippen LogP contribution is -2.17. The lowest BCUT2D eigenvalue weighted by Gasteiger charge is -2.13. The summed E-state index contributed by atoms with van der Waals surface area (Å²) in [7, 11) is 0. The molecular formula is C14H15NO3. The van der Waals surface area contributed by atoms with E-state index in [9.17, 15) is 0 Å². The first-order chi connectivity index (χ1) is 8.83. The molecule has 1 aliphatic rings. The second-order valence-corrected chi connectivity index (χ2v) is 4.29. The summed E-state index contributed by atoms with van der Waals surface area (Å²) >= 11 is 0. The quantitative estimate of drug-likeness (QED) is 0.899. The highest BCUT2D eigenvalue weighted by molar-refractivity contribution is 5.45. The first kappa shape index (κ1) is 11.2. The summed E-state index contributed by atoms with van der Waals surface area (Å²) < 4.78 is 16.0. The van der Waals surface area contributed by atoms with E-state index in [4.69, 9.17) is 13.9 Å². The fourth-order valence-corrected chi connectivity index (χ4v) is 1.97. The minimum absolute atomic E-state index is 0.226. The summed E-state index contributed by atoms with van der Waals surface area (Å²) in [6, 6.07) is 10.1. The third-order valence-corrected chi connectivity index (χ3v) is 3.06. The van der Waals surface area contributed by atoms with Gasteiger partial charge >= 0.3 is 0 Å². The number of hydrogen-bond acceptors (Lipinski definition) is 4. The second-order valence-electron chi connectivity index (χ2n) is 4.29. The molecule has 4 nitrogen and oxygen atoms in total. The van der Waals surface area contributed by atoms with Gasteiger partial charge < -0.3 is 19.2 Å². The Morgan fingerprint density at radius 2 is 2.11 bits per heavy atom. The van der Waals surface area contributed by atoms with Gasteiger partial charge in [-0.15, -0.1) is 0 Å².